The van der Waals surface area contributed by atoms with Crippen LogP contribution in [-0.2, 0) is 0 Å². The Morgan fingerprint density at radius 1 is 1.44 bits per heavy atom. The summed E-state index contributed by atoms with van der Waals surface area (Å²) < 4.78 is 6.90. The average molecular weight is 244 g/mol. The van der Waals surface area contributed by atoms with Gasteiger partial charge in [-0.1, -0.05) is 18.1 Å². The summed E-state index contributed by atoms with van der Waals surface area (Å²) in [6.07, 6.45) is 3.37. The van der Waals surface area contributed by atoms with Crippen molar-refractivity contribution in [2.45, 2.75) is 19.4 Å². The van der Waals surface area contributed by atoms with Gasteiger partial charge in [0.05, 0.1) is 17.3 Å². The van der Waals surface area contributed by atoms with Crippen LogP contribution in [0.4, 0.5) is 0 Å². The maximum atomic E-state index is 9.65. The van der Waals surface area contributed by atoms with E-state index < -0.39 is 6.10 Å². The Kier molecular flexibility index (Phi) is 2.56. The number of fused-ring (bicyclic) bond motifs is 1. The van der Waals surface area contributed by atoms with E-state index in [1.165, 1.54) is 0 Å². The topological polar surface area (TPSA) is 76.5 Å². The molecule has 3 aromatic heterocycles. The zero-order chi connectivity index (χ0) is 12.5. The average Bonchev–Trinajstić information content (AvgIpc) is 3.03. The van der Waals surface area contributed by atoms with Gasteiger partial charge in [-0.3, -0.25) is 0 Å². The Labute approximate surface area is 103 Å². The fourth-order valence-corrected chi connectivity index (χ4v) is 1.76. The number of hydrogen-bond acceptors (Lipinski definition) is 5. The standard InChI is InChI=1S/C12H12N4O2/c1-2-10(17)11-14-12(18-15-11)8-7-13-16-6-4-3-5-9(8)16/h3-7,10,17H,2H2,1H3. The Morgan fingerprint density at radius 2 is 2.33 bits per heavy atom. The summed E-state index contributed by atoms with van der Waals surface area (Å²) in [5, 5.41) is 17.6. The van der Waals surface area contributed by atoms with Crippen LogP contribution in [0.3, 0.4) is 0 Å². The number of nitrogens with zero attached hydrogens (tertiary/aromatic N) is 4. The molecule has 0 spiro atoms. The van der Waals surface area contributed by atoms with E-state index in [1.807, 2.05) is 31.3 Å². The van der Waals surface area contributed by atoms with E-state index in [4.69, 9.17) is 4.52 Å². The predicted molar refractivity (Wildman–Crippen MR) is 63.7 cm³/mol. The minimum absolute atomic E-state index is 0.308. The van der Waals surface area contributed by atoms with Crippen LogP contribution >= 0.6 is 0 Å². The van der Waals surface area contributed by atoms with Crippen molar-refractivity contribution < 1.29 is 9.63 Å². The number of aliphatic hydroxyl groups excluding tert-OH is 1. The molecule has 0 aromatic carbocycles. The Balaban J connectivity index is 2.07. The molecule has 0 bridgehead atoms. The molecule has 1 N–H and O–H groups in total. The van der Waals surface area contributed by atoms with E-state index in [0.29, 0.717) is 18.1 Å². The van der Waals surface area contributed by atoms with Crippen molar-refractivity contribution in [3.63, 3.8) is 0 Å². The van der Waals surface area contributed by atoms with Crippen LogP contribution in [0.1, 0.15) is 25.3 Å². The zero-order valence-corrected chi connectivity index (χ0v) is 9.82. The van der Waals surface area contributed by atoms with Crippen molar-refractivity contribution in [1.29, 1.82) is 0 Å². The molecule has 0 amide bonds. The predicted octanol–water partition coefficient (Wildman–Crippen LogP) is 1.83. The number of aliphatic hydroxyl groups is 1. The van der Waals surface area contributed by atoms with Crippen molar-refractivity contribution in [3.8, 4) is 11.5 Å². The summed E-state index contributed by atoms with van der Waals surface area (Å²) in [6, 6.07) is 5.73. The number of hydrogen-bond donors (Lipinski definition) is 1. The second-order valence-electron chi connectivity index (χ2n) is 3.97. The first-order chi connectivity index (χ1) is 8.79. The first kappa shape index (κ1) is 10.9. The third-order valence-electron chi connectivity index (χ3n) is 2.78. The van der Waals surface area contributed by atoms with Crippen LogP contribution in [0, 0.1) is 0 Å². The number of rotatable bonds is 3. The smallest absolute Gasteiger partial charge is 0.261 e. The molecule has 0 radical (unpaired) electrons. The second kappa shape index (κ2) is 4.23. The molecule has 6 heteroatoms. The van der Waals surface area contributed by atoms with Crippen molar-refractivity contribution in [3.05, 3.63) is 36.4 Å². The van der Waals surface area contributed by atoms with E-state index >= 15 is 0 Å². The van der Waals surface area contributed by atoms with E-state index in [-0.39, 0.29) is 0 Å². The number of aromatic nitrogens is 4. The van der Waals surface area contributed by atoms with Gasteiger partial charge in [-0.05, 0) is 18.6 Å². The van der Waals surface area contributed by atoms with Gasteiger partial charge in [0, 0.05) is 6.20 Å². The van der Waals surface area contributed by atoms with Gasteiger partial charge in [-0.2, -0.15) is 10.1 Å². The quantitative estimate of drug-likeness (QED) is 0.760. The van der Waals surface area contributed by atoms with Crippen molar-refractivity contribution >= 4 is 5.52 Å². The van der Waals surface area contributed by atoms with E-state index in [2.05, 4.69) is 15.2 Å². The monoisotopic (exact) mass is 244 g/mol. The first-order valence-corrected chi connectivity index (χ1v) is 5.74. The van der Waals surface area contributed by atoms with E-state index in [0.717, 1.165) is 11.1 Å². The lowest BCUT2D eigenvalue weighted by atomic mass is 10.2. The second-order valence-corrected chi connectivity index (χ2v) is 3.97. The molecule has 1 atom stereocenters. The first-order valence-electron chi connectivity index (χ1n) is 5.74. The largest absolute Gasteiger partial charge is 0.385 e. The van der Waals surface area contributed by atoms with Gasteiger partial charge in [0.2, 0.25) is 5.82 Å². The molecule has 1 unspecified atom stereocenters. The SMILES string of the molecule is CCC(O)c1noc(-c2cnn3ccccc23)n1. The minimum atomic E-state index is -0.690. The van der Waals surface area contributed by atoms with Crippen LogP contribution in [-0.4, -0.2) is 24.9 Å². The molecule has 3 rings (SSSR count). The summed E-state index contributed by atoms with van der Waals surface area (Å²) in [6.45, 7) is 1.86. The lowest BCUT2D eigenvalue weighted by Gasteiger charge is -1.97. The summed E-state index contributed by atoms with van der Waals surface area (Å²) in [7, 11) is 0. The zero-order valence-electron chi connectivity index (χ0n) is 9.82. The van der Waals surface area contributed by atoms with E-state index in [1.54, 1.807) is 10.7 Å². The van der Waals surface area contributed by atoms with Gasteiger partial charge in [0.25, 0.3) is 5.89 Å². The summed E-state index contributed by atoms with van der Waals surface area (Å²) >= 11 is 0. The Morgan fingerprint density at radius 3 is 3.17 bits per heavy atom. The maximum absolute atomic E-state index is 9.65. The number of pyridine rings is 1. The van der Waals surface area contributed by atoms with Crippen molar-refractivity contribution in [2.24, 2.45) is 0 Å². The fraction of sp³-hybridized carbons (Fsp3) is 0.250. The highest BCUT2D eigenvalue weighted by Gasteiger charge is 2.17. The molecule has 0 fully saturated rings. The Hall–Kier alpha value is -2.21. The van der Waals surface area contributed by atoms with Crippen LogP contribution in [0.15, 0.2) is 35.1 Å². The van der Waals surface area contributed by atoms with Crippen LogP contribution in [0.2, 0.25) is 0 Å². The van der Waals surface area contributed by atoms with Gasteiger partial charge in [0.15, 0.2) is 0 Å². The van der Waals surface area contributed by atoms with Gasteiger partial charge in [-0.25, -0.2) is 4.52 Å². The highest BCUT2D eigenvalue weighted by Crippen LogP contribution is 2.24. The minimum Gasteiger partial charge on any atom is -0.385 e. The fourth-order valence-electron chi connectivity index (χ4n) is 1.76. The molecule has 0 aliphatic carbocycles. The summed E-state index contributed by atoms with van der Waals surface area (Å²) in [4.78, 5) is 4.19. The van der Waals surface area contributed by atoms with Gasteiger partial charge >= 0.3 is 0 Å². The van der Waals surface area contributed by atoms with Gasteiger partial charge in [-0.15, -0.1) is 0 Å². The van der Waals surface area contributed by atoms with E-state index in [9.17, 15) is 5.11 Å². The maximum Gasteiger partial charge on any atom is 0.261 e. The normalized spacial score (nSPS) is 13.0. The third-order valence-corrected chi connectivity index (χ3v) is 2.78. The molecular weight excluding hydrogens is 232 g/mol. The molecule has 0 aliphatic rings. The van der Waals surface area contributed by atoms with Gasteiger partial charge in [0.1, 0.15) is 6.10 Å². The molecule has 3 heterocycles. The van der Waals surface area contributed by atoms with Crippen LogP contribution in [0.25, 0.3) is 17.0 Å². The van der Waals surface area contributed by atoms with Crippen molar-refractivity contribution in [1.82, 2.24) is 19.8 Å². The molecule has 0 aliphatic heterocycles. The lowest BCUT2D eigenvalue weighted by molar-refractivity contribution is 0.159. The third kappa shape index (κ3) is 1.67. The lowest BCUT2D eigenvalue weighted by Crippen LogP contribution is -1.97. The van der Waals surface area contributed by atoms with Crippen LogP contribution in [0.5, 0.6) is 0 Å². The van der Waals surface area contributed by atoms with Crippen molar-refractivity contribution in [2.75, 3.05) is 0 Å². The summed E-state index contributed by atoms with van der Waals surface area (Å²) in [5.41, 5.74) is 1.65. The molecule has 0 saturated heterocycles. The summed E-state index contributed by atoms with van der Waals surface area (Å²) in [5.74, 6) is 0.682. The highest BCUT2D eigenvalue weighted by molar-refractivity contribution is 5.74. The Bertz CT molecular complexity index is 673. The van der Waals surface area contributed by atoms with Crippen LogP contribution < -0.4 is 0 Å². The highest BCUT2D eigenvalue weighted by atomic mass is 16.5. The molecule has 3 aromatic rings. The molecular formula is C12H12N4O2. The van der Waals surface area contributed by atoms with Gasteiger partial charge < -0.3 is 9.63 Å². The molecule has 6 nitrogen and oxygen atoms in total. The molecule has 92 valence electrons. The molecule has 18 heavy (non-hydrogen) atoms. The molecule has 0 saturated carbocycles.